The quantitative estimate of drug-likeness (QED) is 0.425. The number of carbonyl (C=O) groups is 3. The fraction of sp³-hybridized carbons (Fsp3) is 0.792. The first-order chi connectivity index (χ1) is 14.7. The zero-order valence-corrected chi connectivity index (χ0v) is 19.7. The van der Waals surface area contributed by atoms with Crippen molar-refractivity contribution in [3.63, 3.8) is 0 Å². The molecule has 2 fully saturated rings. The van der Waals surface area contributed by atoms with Gasteiger partial charge in [0.2, 0.25) is 0 Å². The van der Waals surface area contributed by atoms with Gasteiger partial charge in [-0.05, 0) is 42.6 Å². The molecule has 0 spiro atoms. The summed E-state index contributed by atoms with van der Waals surface area (Å²) in [5.74, 6) is -2.87. The van der Waals surface area contributed by atoms with Crippen molar-refractivity contribution >= 4 is 17.7 Å². The third kappa shape index (κ3) is 4.13. The molecule has 0 aromatic heterocycles. The molecule has 180 valence electrons. The minimum atomic E-state index is -1.43. The number of aliphatic hydroxyl groups excluding tert-OH is 3. The van der Waals surface area contributed by atoms with Gasteiger partial charge < -0.3 is 24.8 Å². The Morgan fingerprint density at radius 2 is 1.62 bits per heavy atom. The second-order valence-electron chi connectivity index (χ2n) is 10.7. The van der Waals surface area contributed by atoms with Gasteiger partial charge in [0.25, 0.3) is 0 Å². The van der Waals surface area contributed by atoms with E-state index in [1.165, 1.54) is 13.8 Å². The van der Waals surface area contributed by atoms with E-state index in [1.807, 2.05) is 20.8 Å². The predicted molar refractivity (Wildman–Crippen MR) is 114 cm³/mol. The van der Waals surface area contributed by atoms with Gasteiger partial charge in [-0.25, -0.2) is 0 Å². The topological polar surface area (TPSA) is 130 Å². The van der Waals surface area contributed by atoms with Crippen molar-refractivity contribution in [2.45, 2.75) is 91.3 Å². The summed E-state index contributed by atoms with van der Waals surface area (Å²) in [4.78, 5) is 37.3. The molecule has 0 radical (unpaired) electrons. The van der Waals surface area contributed by atoms with Gasteiger partial charge >= 0.3 is 11.9 Å². The van der Waals surface area contributed by atoms with E-state index < -0.39 is 70.9 Å². The third-order valence-electron chi connectivity index (χ3n) is 8.20. The predicted octanol–water partition coefficient (Wildman–Crippen LogP) is 1.54. The van der Waals surface area contributed by atoms with E-state index in [-0.39, 0.29) is 18.8 Å². The van der Waals surface area contributed by atoms with Crippen LogP contribution < -0.4 is 0 Å². The molecule has 3 rings (SSSR count). The Hall–Kier alpha value is -1.77. The fourth-order valence-electron chi connectivity index (χ4n) is 6.47. The van der Waals surface area contributed by atoms with Crippen LogP contribution in [0.3, 0.4) is 0 Å². The van der Waals surface area contributed by atoms with Crippen LogP contribution in [0.25, 0.3) is 0 Å². The maximum Gasteiger partial charge on any atom is 0.302 e. The molecule has 4 bridgehead atoms. The highest BCUT2D eigenvalue weighted by Crippen LogP contribution is 2.54. The highest BCUT2D eigenvalue weighted by molar-refractivity contribution is 5.90. The first kappa shape index (κ1) is 24.9. The average Bonchev–Trinajstić information content (AvgIpc) is 2.65. The van der Waals surface area contributed by atoms with Gasteiger partial charge in [0, 0.05) is 26.2 Å². The van der Waals surface area contributed by atoms with Crippen molar-refractivity contribution < 1.29 is 39.2 Å². The summed E-state index contributed by atoms with van der Waals surface area (Å²) in [7, 11) is 0. The van der Waals surface area contributed by atoms with Gasteiger partial charge in [0.05, 0.1) is 17.6 Å². The molecule has 0 aliphatic heterocycles. The molecule has 0 aromatic rings. The zero-order valence-electron chi connectivity index (χ0n) is 19.7. The van der Waals surface area contributed by atoms with Crippen LogP contribution in [0, 0.1) is 28.6 Å². The van der Waals surface area contributed by atoms with Crippen molar-refractivity contribution in [2.24, 2.45) is 28.6 Å². The molecular weight excluding hydrogens is 416 g/mol. The Bertz CT molecular complexity index is 817. The summed E-state index contributed by atoms with van der Waals surface area (Å²) >= 11 is 0. The molecule has 0 saturated heterocycles. The summed E-state index contributed by atoms with van der Waals surface area (Å²) in [6.45, 7) is 9.85. The Balaban J connectivity index is 2.16. The number of fused-ring (bicyclic) bond motifs is 4. The van der Waals surface area contributed by atoms with Crippen molar-refractivity contribution in [3.8, 4) is 0 Å². The number of rotatable bonds is 2. The van der Waals surface area contributed by atoms with Crippen molar-refractivity contribution in [2.75, 3.05) is 0 Å². The number of ketones is 1. The summed E-state index contributed by atoms with van der Waals surface area (Å²) in [5, 5.41) is 33.4. The van der Waals surface area contributed by atoms with Gasteiger partial charge in [-0.15, -0.1) is 0 Å². The van der Waals surface area contributed by atoms with Crippen LogP contribution in [-0.2, 0) is 23.9 Å². The number of hydrogen-bond acceptors (Lipinski definition) is 8. The molecule has 9 atom stereocenters. The molecule has 8 nitrogen and oxygen atoms in total. The maximum atomic E-state index is 13.8. The van der Waals surface area contributed by atoms with E-state index in [0.29, 0.717) is 12.0 Å². The summed E-state index contributed by atoms with van der Waals surface area (Å²) in [6, 6.07) is 0. The third-order valence-corrected chi connectivity index (χ3v) is 8.20. The average molecular weight is 453 g/mol. The zero-order chi connectivity index (χ0) is 24.2. The SMILES string of the molecule is CC(=O)O[C@H]1C[C@H]2[C@@H](O)/C=C3\C[C@](C)(C(=O)[C@H](O)C(C1C)C2(C)C)[C@@H](OC(C)=O)C[C@@H]3O. The minimum absolute atomic E-state index is 0.0114. The first-order valence-electron chi connectivity index (χ1n) is 11.3. The van der Waals surface area contributed by atoms with Gasteiger partial charge in [-0.3, -0.25) is 14.4 Å². The normalized spacial score (nSPS) is 45.3. The van der Waals surface area contributed by atoms with Gasteiger partial charge in [0.1, 0.15) is 18.3 Å². The standard InChI is InChI=1S/C24H36O8/c1-11-18(31-12(2)25)8-15-17(28)7-14-10-24(6,19(9-16(14)27)32-13(3)26)22(30)21(29)20(11)23(15,4)5/h7,11,15-21,27-29H,8-10H2,1-6H3/b14-7+/t11?,15-,16-,17-,18-,19-,20?,21+,24-/m0/s1. The van der Waals surface area contributed by atoms with E-state index in [0.717, 1.165) is 0 Å². The Kier molecular flexibility index (Phi) is 6.63. The lowest BCUT2D eigenvalue weighted by atomic mass is 9.52. The lowest BCUT2D eigenvalue weighted by molar-refractivity contribution is -0.184. The number of esters is 2. The van der Waals surface area contributed by atoms with Crippen molar-refractivity contribution in [1.29, 1.82) is 0 Å². The smallest absolute Gasteiger partial charge is 0.302 e. The monoisotopic (exact) mass is 452 g/mol. The molecule has 0 amide bonds. The van der Waals surface area contributed by atoms with Crippen LogP contribution in [0.5, 0.6) is 0 Å². The minimum Gasteiger partial charge on any atom is -0.462 e. The molecule has 32 heavy (non-hydrogen) atoms. The number of hydrogen-bond donors (Lipinski definition) is 3. The van der Waals surface area contributed by atoms with Crippen LogP contribution >= 0.6 is 0 Å². The van der Waals surface area contributed by atoms with Crippen LogP contribution in [0.15, 0.2) is 11.6 Å². The lowest BCUT2D eigenvalue weighted by Gasteiger charge is -2.55. The highest BCUT2D eigenvalue weighted by Gasteiger charge is 2.59. The maximum absolute atomic E-state index is 13.8. The summed E-state index contributed by atoms with van der Waals surface area (Å²) < 4.78 is 11.0. The lowest BCUT2D eigenvalue weighted by Crippen LogP contribution is -2.61. The number of Topliss-reactive ketones (excluding diaryl/α,β-unsaturated/α-hetero) is 1. The Morgan fingerprint density at radius 3 is 2.19 bits per heavy atom. The van der Waals surface area contributed by atoms with E-state index >= 15 is 0 Å². The van der Waals surface area contributed by atoms with E-state index in [9.17, 15) is 29.7 Å². The second kappa shape index (κ2) is 8.54. The molecule has 8 heteroatoms. The fourth-order valence-corrected chi connectivity index (χ4v) is 6.47. The summed E-state index contributed by atoms with van der Waals surface area (Å²) in [6.07, 6.45) is -2.82. The Morgan fingerprint density at radius 1 is 1.03 bits per heavy atom. The largest absolute Gasteiger partial charge is 0.462 e. The number of ether oxygens (including phenoxy) is 2. The Labute approximate surface area is 189 Å². The van der Waals surface area contributed by atoms with Crippen LogP contribution in [0.2, 0.25) is 0 Å². The van der Waals surface area contributed by atoms with Gasteiger partial charge in [0.15, 0.2) is 5.78 Å². The van der Waals surface area contributed by atoms with Crippen molar-refractivity contribution in [3.05, 3.63) is 11.6 Å². The molecule has 2 unspecified atom stereocenters. The molecule has 3 aliphatic rings. The molecule has 3 N–H and O–H groups in total. The van der Waals surface area contributed by atoms with E-state index in [2.05, 4.69) is 0 Å². The van der Waals surface area contributed by atoms with E-state index in [4.69, 9.17) is 9.47 Å². The molecule has 0 aromatic carbocycles. The first-order valence-corrected chi connectivity index (χ1v) is 11.3. The van der Waals surface area contributed by atoms with Gasteiger partial charge in [-0.2, -0.15) is 0 Å². The molecular formula is C24H36O8. The summed E-state index contributed by atoms with van der Waals surface area (Å²) in [5.41, 5.74) is -1.47. The number of aliphatic hydroxyl groups is 3. The molecule has 0 heterocycles. The number of carbonyl (C=O) groups excluding carboxylic acids is 3. The van der Waals surface area contributed by atoms with Crippen LogP contribution in [-0.4, -0.2) is 63.6 Å². The molecule has 3 aliphatic carbocycles. The second-order valence-corrected chi connectivity index (χ2v) is 10.7. The van der Waals surface area contributed by atoms with E-state index in [1.54, 1.807) is 13.0 Å². The van der Waals surface area contributed by atoms with Crippen LogP contribution in [0.1, 0.15) is 60.8 Å². The van der Waals surface area contributed by atoms with Gasteiger partial charge in [-0.1, -0.05) is 26.8 Å². The highest BCUT2D eigenvalue weighted by atomic mass is 16.5. The van der Waals surface area contributed by atoms with Crippen molar-refractivity contribution in [1.82, 2.24) is 0 Å². The molecule has 2 saturated carbocycles. The van der Waals surface area contributed by atoms with Crippen LogP contribution in [0.4, 0.5) is 0 Å².